The van der Waals surface area contributed by atoms with E-state index >= 15 is 0 Å². The summed E-state index contributed by atoms with van der Waals surface area (Å²) in [6.07, 6.45) is 1.05. The zero-order valence-electron chi connectivity index (χ0n) is 13.0. The van der Waals surface area contributed by atoms with Gasteiger partial charge in [-0.25, -0.2) is 0 Å². The maximum absolute atomic E-state index is 5.83. The first-order valence-corrected chi connectivity index (χ1v) is 7.92. The van der Waals surface area contributed by atoms with Gasteiger partial charge in [-0.1, -0.05) is 44.2 Å². The van der Waals surface area contributed by atoms with Crippen molar-refractivity contribution in [3.8, 4) is 0 Å². The number of benzene rings is 1. The van der Waals surface area contributed by atoms with Crippen LogP contribution < -0.4 is 5.73 Å². The van der Waals surface area contributed by atoms with Crippen molar-refractivity contribution in [2.24, 2.45) is 11.7 Å². The third-order valence-corrected chi connectivity index (χ3v) is 4.10. The Kier molecular flexibility index (Phi) is 6.02. The molecule has 0 saturated carbocycles. The molecule has 2 N–H and O–H groups in total. The zero-order valence-corrected chi connectivity index (χ0v) is 13.0. The van der Waals surface area contributed by atoms with Crippen LogP contribution in [0.2, 0.25) is 0 Å². The van der Waals surface area contributed by atoms with Gasteiger partial charge in [-0.15, -0.1) is 0 Å². The van der Waals surface area contributed by atoms with Gasteiger partial charge in [0.1, 0.15) is 0 Å². The Morgan fingerprint density at radius 3 is 2.25 bits per heavy atom. The lowest BCUT2D eigenvalue weighted by atomic mass is 10.0. The summed E-state index contributed by atoms with van der Waals surface area (Å²) in [4.78, 5) is 5.20. The molecule has 20 heavy (non-hydrogen) atoms. The number of hydrogen-bond acceptors (Lipinski definition) is 3. The normalized spacial score (nSPS) is 19.4. The second-order valence-corrected chi connectivity index (χ2v) is 6.23. The van der Waals surface area contributed by atoms with Crippen molar-refractivity contribution in [1.29, 1.82) is 0 Å². The molecule has 0 bridgehead atoms. The monoisotopic (exact) mass is 275 g/mol. The van der Waals surface area contributed by atoms with Gasteiger partial charge in [-0.2, -0.15) is 0 Å². The van der Waals surface area contributed by atoms with Crippen LogP contribution in [0.4, 0.5) is 0 Å². The molecule has 2 rings (SSSR count). The predicted octanol–water partition coefficient (Wildman–Crippen LogP) is 2.35. The van der Waals surface area contributed by atoms with Crippen molar-refractivity contribution in [2.75, 3.05) is 39.3 Å². The van der Waals surface area contributed by atoms with Crippen LogP contribution in [0.15, 0.2) is 30.3 Å². The third kappa shape index (κ3) is 4.30. The molecule has 1 fully saturated rings. The molecule has 0 amide bonds. The van der Waals surface area contributed by atoms with Crippen LogP contribution in [0.1, 0.15) is 31.9 Å². The van der Waals surface area contributed by atoms with E-state index in [1.54, 1.807) is 0 Å². The van der Waals surface area contributed by atoms with Gasteiger partial charge >= 0.3 is 0 Å². The van der Waals surface area contributed by atoms with E-state index in [9.17, 15) is 0 Å². The van der Waals surface area contributed by atoms with Crippen molar-refractivity contribution in [3.63, 3.8) is 0 Å². The fourth-order valence-corrected chi connectivity index (χ4v) is 3.17. The molecule has 1 aliphatic rings. The zero-order chi connectivity index (χ0) is 14.4. The number of hydrogen-bond donors (Lipinski definition) is 1. The van der Waals surface area contributed by atoms with Crippen molar-refractivity contribution in [1.82, 2.24) is 9.80 Å². The first-order valence-electron chi connectivity index (χ1n) is 7.92. The minimum Gasteiger partial charge on any atom is -0.330 e. The van der Waals surface area contributed by atoms with Crippen molar-refractivity contribution in [2.45, 2.75) is 26.3 Å². The van der Waals surface area contributed by atoms with Gasteiger partial charge in [0.15, 0.2) is 0 Å². The highest BCUT2D eigenvalue weighted by Crippen LogP contribution is 2.25. The van der Waals surface area contributed by atoms with Crippen LogP contribution >= 0.6 is 0 Å². The summed E-state index contributed by atoms with van der Waals surface area (Å²) in [7, 11) is 0. The number of rotatable bonds is 6. The highest BCUT2D eigenvalue weighted by molar-refractivity contribution is 5.19. The summed E-state index contributed by atoms with van der Waals surface area (Å²) < 4.78 is 0. The van der Waals surface area contributed by atoms with Gasteiger partial charge in [-0.05, 0) is 24.4 Å². The average Bonchev–Trinajstić information content (AvgIpc) is 2.46. The molecular formula is C17H29N3. The summed E-state index contributed by atoms with van der Waals surface area (Å²) in [5.41, 5.74) is 7.24. The quantitative estimate of drug-likeness (QED) is 0.865. The fraction of sp³-hybridized carbons (Fsp3) is 0.647. The lowest BCUT2D eigenvalue weighted by molar-refractivity contribution is 0.0860. The van der Waals surface area contributed by atoms with Crippen LogP contribution in [-0.4, -0.2) is 49.1 Å². The van der Waals surface area contributed by atoms with Crippen LogP contribution in [0.5, 0.6) is 0 Å². The number of nitrogens with two attached hydrogens (primary N) is 1. The lowest BCUT2D eigenvalue weighted by Gasteiger charge is -2.40. The predicted molar refractivity (Wildman–Crippen MR) is 85.7 cm³/mol. The highest BCUT2D eigenvalue weighted by atomic mass is 15.3. The molecule has 1 unspecified atom stereocenters. The van der Waals surface area contributed by atoms with Gasteiger partial charge in [0, 0.05) is 38.8 Å². The van der Waals surface area contributed by atoms with Crippen LogP contribution in [0.25, 0.3) is 0 Å². The minimum absolute atomic E-state index is 0.488. The molecule has 0 spiro atoms. The van der Waals surface area contributed by atoms with Crippen molar-refractivity contribution < 1.29 is 0 Å². The molecule has 1 aromatic carbocycles. The van der Waals surface area contributed by atoms with E-state index in [0.29, 0.717) is 6.04 Å². The summed E-state index contributed by atoms with van der Waals surface area (Å²) in [6, 6.07) is 11.3. The van der Waals surface area contributed by atoms with Gasteiger partial charge < -0.3 is 10.6 Å². The summed E-state index contributed by atoms with van der Waals surface area (Å²) >= 11 is 0. The Labute approximate surface area is 123 Å². The largest absolute Gasteiger partial charge is 0.330 e. The van der Waals surface area contributed by atoms with Crippen LogP contribution in [-0.2, 0) is 0 Å². The fourth-order valence-electron chi connectivity index (χ4n) is 3.17. The van der Waals surface area contributed by atoms with E-state index in [-0.39, 0.29) is 0 Å². The van der Waals surface area contributed by atoms with E-state index in [2.05, 4.69) is 54.0 Å². The topological polar surface area (TPSA) is 32.5 Å². The average molecular weight is 275 g/mol. The summed E-state index contributed by atoms with van der Waals surface area (Å²) in [6.45, 7) is 11.3. The number of nitrogens with zero attached hydrogens (tertiary/aromatic N) is 2. The Morgan fingerprint density at radius 1 is 1.05 bits per heavy atom. The molecule has 0 aliphatic carbocycles. The SMILES string of the molecule is CC(C)CN1CCN(C(CCN)c2ccccc2)CC1. The second-order valence-electron chi connectivity index (χ2n) is 6.23. The smallest absolute Gasteiger partial charge is 0.0361 e. The van der Waals surface area contributed by atoms with E-state index in [1.807, 2.05) is 0 Å². The Hall–Kier alpha value is -0.900. The van der Waals surface area contributed by atoms with E-state index in [0.717, 1.165) is 32.0 Å². The summed E-state index contributed by atoms with van der Waals surface area (Å²) in [5, 5.41) is 0. The minimum atomic E-state index is 0.488. The highest BCUT2D eigenvalue weighted by Gasteiger charge is 2.24. The molecule has 0 radical (unpaired) electrons. The molecule has 1 saturated heterocycles. The maximum atomic E-state index is 5.83. The second kappa shape index (κ2) is 7.77. The van der Waals surface area contributed by atoms with Gasteiger partial charge in [0.25, 0.3) is 0 Å². The first kappa shape index (κ1) is 15.5. The molecule has 112 valence electrons. The van der Waals surface area contributed by atoms with Gasteiger partial charge in [0.05, 0.1) is 0 Å². The molecule has 3 heteroatoms. The standard InChI is InChI=1S/C17H29N3/c1-15(2)14-19-10-12-20(13-11-19)17(8-9-18)16-6-4-3-5-7-16/h3-7,15,17H,8-14,18H2,1-2H3. The lowest BCUT2D eigenvalue weighted by Crippen LogP contribution is -2.48. The van der Waals surface area contributed by atoms with E-state index in [4.69, 9.17) is 5.73 Å². The van der Waals surface area contributed by atoms with Crippen LogP contribution in [0, 0.1) is 5.92 Å². The molecule has 1 atom stereocenters. The van der Waals surface area contributed by atoms with Gasteiger partial charge in [0.2, 0.25) is 0 Å². The van der Waals surface area contributed by atoms with Crippen LogP contribution in [0.3, 0.4) is 0 Å². The number of piperazine rings is 1. The van der Waals surface area contributed by atoms with Crippen molar-refractivity contribution >= 4 is 0 Å². The molecule has 0 aromatic heterocycles. The Balaban J connectivity index is 1.95. The first-order chi connectivity index (χ1) is 9.70. The Bertz CT molecular complexity index is 369. The molecule has 1 aliphatic heterocycles. The summed E-state index contributed by atoms with van der Waals surface area (Å²) in [5.74, 6) is 0.760. The van der Waals surface area contributed by atoms with E-state index in [1.165, 1.54) is 25.2 Å². The molecule has 1 aromatic rings. The molecule has 3 nitrogen and oxygen atoms in total. The molecule has 1 heterocycles. The van der Waals surface area contributed by atoms with E-state index < -0.39 is 0 Å². The Morgan fingerprint density at radius 2 is 1.70 bits per heavy atom. The third-order valence-electron chi connectivity index (χ3n) is 4.10. The molecular weight excluding hydrogens is 246 g/mol. The van der Waals surface area contributed by atoms with Gasteiger partial charge in [-0.3, -0.25) is 4.90 Å². The van der Waals surface area contributed by atoms with Crippen molar-refractivity contribution in [3.05, 3.63) is 35.9 Å². The maximum Gasteiger partial charge on any atom is 0.0361 e.